The number of halogens is 2. The summed E-state index contributed by atoms with van der Waals surface area (Å²) < 4.78 is 25.6. The highest BCUT2D eigenvalue weighted by Crippen LogP contribution is 2.20. The van der Waals surface area contributed by atoms with Crippen LogP contribution in [0.3, 0.4) is 0 Å². The van der Waals surface area contributed by atoms with Crippen LogP contribution < -0.4 is 0 Å². The van der Waals surface area contributed by atoms with E-state index < -0.39 is 17.6 Å². The van der Waals surface area contributed by atoms with Gasteiger partial charge in [-0.05, 0) is 25.1 Å². The summed E-state index contributed by atoms with van der Waals surface area (Å²) in [5.74, 6) is -3.40. The molecule has 1 N–H and O–H groups in total. The third kappa shape index (κ3) is 4.86. The molecule has 0 aliphatic rings. The number of likely N-dealkylation sites (N-methyl/N-ethyl adjacent to an activating group) is 1. The third-order valence-corrected chi connectivity index (χ3v) is 3.29. The molecule has 0 unspecified atom stereocenters. The topological polar surface area (TPSA) is 57.6 Å². The lowest BCUT2D eigenvalue weighted by atomic mass is 10.3. The predicted octanol–water partition coefficient (Wildman–Crippen LogP) is 1.99. The van der Waals surface area contributed by atoms with Crippen molar-refractivity contribution >= 4 is 23.6 Å². The Morgan fingerprint density at radius 1 is 1.32 bits per heavy atom. The summed E-state index contributed by atoms with van der Waals surface area (Å²) in [6.07, 6.45) is 0. The Morgan fingerprint density at radius 3 is 2.53 bits per heavy atom. The van der Waals surface area contributed by atoms with Crippen molar-refractivity contribution in [1.29, 1.82) is 0 Å². The van der Waals surface area contributed by atoms with Crippen molar-refractivity contribution in [2.24, 2.45) is 0 Å². The number of benzene rings is 1. The van der Waals surface area contributed by atoms with Crippen molar-refractivity contribution in [3.63, 3.8) is 0 Å². The van der Waals surface area contributed by atoms with Crippen LogP contribution in [0.25, 0.3) is 0 Å². The number of aliphatic carboxylic acids is 1. The van der Waals surface area contributed by atoms with E-state index >= 15 is 0 Å². The lowest BCUT2D eigenvalue weighted by Crippen LogP contribution is -2.36. The van der Waals surface area contributed by atoms with Gasteiger partial charge in [0.1, 0.15) is 6.54 Å². The van der Waals surface area contributed by atoms with Crippen LogP contribution in [-0.4, -0.2) is 40.7 Å². The van der Waals surface area contributed by atoms with Crippen LogP contribution in [-0.2, 0) is 9.59 Å². The van der Waals surface area contributed by atoms with Gasteiger partial charge in [-0.15, -0.1) is 11.8 Å². The van der Waals surface area contributed by atoms with Crippen molar-refractivity contribution in [2.75, 3.05) is 18.8 Å². The van der Waals surface area contributed by atoms with E-state index in [4.69, 9.17) is 5.11 Å². The first-order chi connectivity index (χ1) is 8.93. The second-order valence-corrected chi connectivity index (χ2v) is 4.71. The number of carbonyl (C=O) groups is 2. The number of hydrogen-bond donors (Lipinski definition) is 1. The summed E-state index contributed by atoms with van der Waals surface area (Å²) in [7, 11) is 0. The zero-order valence-electron chi connectivity index (χ0n) is 10.2. The standard InChI is InChI=1S/C12H13F2NO3S/c1-2-15(6-12(17)18)11(16)7-19-8-3-4-9(13)10(14)5-8/h3-5H,2,6-7H2,1H3,(H,17,18). The van der Waals surface area contributed by atoms with Crippen molar-refractivity contribution in [1.82, 2.24) is 4.90 Å². The van der Waals surface area contributed by atoms with Gasteiger partial charge in [0.25, 0.3) is 0 Å². The normalized spacial score (nSPS) is 10.3. The van der Waals surface area contributed by atoms with Crippen LogP contribution in [0.2, 0.25) is 0 Å². The van der Waals surface area contributed by atoms with Crippen LogP contribution in [0.15, 0.2) is 23.1 Å². The summed E-state index contributed by atoms with van der Waals surface area (Å²) in [4.78, 5) is 23.8. The van der Waals surface area contributed by atoms with E-state index in [0.717, 1.165) is 23.9 Å². The number of carbonyl (C=O) groups excluding carboxylic acids is 1. The molecular weight excluding hydrogens is 276 g/mol. The van der Waals surface area contributed by atoms with E-state index in [9.17, 15) is 18.4 Å². The van der Waals surface area contributed by atoms with Crippen LogP contribution in [0, 0.1) is 11.6 Å². The maximum atomic E-state index is 12.9. The molecule has 1 aromatic carbocycles. The minimum Gasteiger partial charge on any atom is -0.480 e. The molecule has 0 aliphatic heterocycles. The highest BCUT2D eigenvalue weighted by atomic mass is 32.2. The van der Waals surface area contributed by atoms with Crippen molar-refractivity contribution < 1.29 is 23.5 Å². The molecule has 0 fully saturated rings. The lowest BCUT2D eigenvalue weighted by molar-refractivity contribution is -0.143. The summed E-state index contributed by atoms with van der Waals surface area (Å²) in [6, 6.07) is 3.35. The molecule has 0 aromatic heterocycles. The Balaban J connectivity index is 2.57. The van der Waals surface area contributed by atoms with E-state index in [1.165, 1.54) is 11.0 Å². The molecule has 0 spiro atoms. The zero-order chi connectivity index (χ0) is 14.4. The first-order valence-corrected chi connectivity index (χ1v) is 6.50. The highest BCUT2D eigenvalue weighted by molar-refractivity contribution is 8.00. The van der Waals surface area contributed by atoms with Gasteiger partial charge in [-0.1, -0.05) is 0 Å². The second kappa shape index (κ2) is 7.08. The van der Waals surface area contributed by atoms with Gasteiger partial charge in [0, 0.05) is 11.4 Å². The molecule has 104 valence electrons. The molecule has 0 aliphatic carbocycles. The van der Waals surface area contributed by atoms with Gasteiger partial charge < -0.3 is 10.0 Å². The molecule has 0 atom stereocenters. The molecule has 1 amide bonds. The minimum absolute atomic E-state index is 0.0216. The summed E-state index contributed by atoms with van der Waals surface area (Å²) in [5.41, 5.74) is 0. The number of amides is 1. The molecule has 19 heavy (non-hydrogen) atoms. The minimum atomic E-state index is -1.09. The molecule has 0 radical (unpaired) electrons. The van der Waals surface area contributed by atoms with E-state index in [1.54, 1.807) is 6.92 Å². The number of carboxylic acids is 1. The third-order valence-electron chi connectivity index (χ3n) is 2.31. The molecule has 0 bridgehead atoms. The van der Waals surface area contributed by atoms with Crippen LogP contribution in [0.4, 0.5) is 8.78 Å². The van der Waals surface area contributed by atoms with E-state index in [1.807, 2.05) is 0 Å². The van der Waals surface area contributed by atoms with Crippen LogP contribution in [0.1, 0.15) is 6.92 Å². The molecule has 1 aromatic rings. The lowest BCUT2D eigenvalue weighted by Gasteiger charge is -2.18. The van der Waals surface area contributed by atoms with Gasteiger partial charge >= 0.3 is 5.97 Å². The smallest absolute Gasteiger partial charge is 0.323 e. The first kappa shape index (κ1) is 15.4. The largest absolute Gasteiger partial charge is 0.480 e. The monoisotopic (exact) mass is 289 g/mol. The molecule has 0 saturated heterocycles. The molecular formula is C12H13F2NO3S. The fourth-order valence-electron chi connectivity index (χ4n) is 1.34. The maximum Gasteiger partial charge on any atom is 0.323 e. The number of hydrogen-bond acceptors (Lipinski definition) is 3. The fourth-order valence-corrected chi connectivity index (χ4v) is 2.17. The molecule has 7 heteroatoms. The Bertz CT molecular complexity index is 482. The van der Waals surface area contributed by atoms with Crippen LogP contribution >= 0.6 is 11.8 Å². The van der Waals surface area contributed by atoms with Gasteiger partial charge in [0.15, 0.2) is 11.6 Å². The average Bonchev–Trinajstić information content (AvgIpc) is 2.36. The van der Waals surface area contributed by atoms with E-state index in [2.05, 4.69) is 0 Å². The number of nitrogens with zero attached hydrogens (tertiary/aromatic N) is 1. The Labute approximate surface area is 113 Å². The van der Waals surface area contributed by atoms with Gasteiger partial charge in [-0.25, -0.2) is 8.78 Å². The van der Waals surface area contributed by atoms with Crippen molar-refractivity contribution in [2.45, 2.75) is 11.8 Å². The number of thioether (sulfide) groups is 1. The quantitative estimate of drug-likeness (QED) is 0.814. The highest BCUT2D eigenvalue weighted by Gasteiger charge is 2.15. The zero-order valence-corrected chi connectivity index (χ0v) is 11.0. The molecule has 0 heterocycles. The SMILES string of the molecule is CCN(CC(=O)O)C(=O)CSc1ccc(F)c(F)c1. The van der Waals surface area contributed by atoms with Gasteiger partial charge in [-0.2, -0.15) is 0 Å². The summed E-state index contributed by atoms with van der Waals surface area (Å²) >= 11 is 1.03. The molecule has 4 nitrogen and oxygen atoms in total. The first-order valence-electron chi connectivity index (χ1n) is 5.51. The number of rotatable bonds is 6. The van der Waals surface area contributed by atoms with Crippen molar-refractivity contribution in [3.8, 4) is 0 Å². The van der Waals surface area contributed by atoms with Gasteiger partial charge in [0.05, 0.1) is 5.75 Å². The summed E-state index contributed by atoms with van der Waals surface area (Å²) in [5, 5.41) is 8.62. The second-order valence-electron chi connectivity index (χ2n) is 3.67. The average molecular weight is 289 g/mol. The molecule has 1 rings (SSSR count). The van der Waals surface area contributed by atoms with Crippen molar-refractivity contribution in [3.05, 3.63) is 29.8 Å². The Kier molecular flexibility index (Phi) is 5.75. The van der Waals surface area contributed by atoms with E-state index in [-0.39, 0.29) is 24.7 Å². The van der Waals surface area contributed by atoms with Crippen LogP contribution in [0.5, 0.6) is 0 Å². The Hall–Kier alpha value is -1.63. The number of carboxylic acid groups (broad SMARTS) is 1. The van der Waals surface area contributed by atoms with Gasteiger partial charge in [0.2, 0.25) is 5.91 Å². The fraction of sp³-hybridized carbons (Fsp3) is 0.333. The maximum absolute atomic E-state index is 12.9. The molecule has 0 saturated carbocycles. The predicted molar refractivity (Wildman–Crippen MR) is 67.0 cm³/mol. The Morgan fingerprint density at radius 2 is 2.00 bits per heavy atom. The summed E-state index contributed by atoms with van der Waals surface area (Å²) in [6.45, 7) is 1.58. The van der Waals surface area contributed by atoms with E-state index in [0.29, 0.717) is 4.90 Å². The van der Waals surface area contributed by atoms with Gasteiger partial charge in [-0.3, -0.25) is 9.59 Å².